The zero-order valence-corrected chi connectivity index (χ0v) is 26.7. The summed E-state index contributed by atoms with van der Waals surface area (Å²) in [6.45, 7) is 5.56. The van der Waals surface area contributed by atoms with E-state index in [-0.39, 0.29) is 5.92 Å². The van der Waals surface area contributed by atoms with Gasteiger partial charge < -0.3 is 14.4 Å². The second kappa shape index (κ2) is 11.4. The number of carboxylic acid groups (broad SMARTS) is 1. The first kappa shape index (κ1) is 30.5. The summed E-state index contributed by atoms with van der Waals surface area (Å²) in [5.74, 6) is 0.171. The number of hydrogen-bond donors (Lipinski definition) is 2. The van der Waals surface area contributed by atoms with Crippen molar-refractivity contribution < 1.29 is 19.4 Å². The predicted octanol–water partition coefficient (Wildman–Crippen LogP) is 8.78. The molecule has 1 heterocycles. The molecule has 1 amide bonds. The molecule has 2 aliphatic carbocycles. The largest absolute Gasteiger partial charge is 0.480 e. The van der Waals surface area contributed by atoms with Crippen molar-refractivity contribution in [3.63, 3.8) is 0 Å². The number of nitrogens with zero attached hydrogens (tertiary/aromatic N) is 2. The summed E-state index contributed by atoms with van der Waals surface area (Å²) >= 11 is 12.5. The van der Waals surface area contributed by atoms with E-state index in [4.69, 9.17) is 32.9 Å². The zero-order valence-electron chi connectivity index (χ0n) is 25.2. The number of fused-ring (bicyclic) bond motifs is 1. The topological polar surface area (TPSA) is 93.5 Å². The van der Waals surface area contributed by atoms with E-state index >= 15 is 0 Å². The fourth-order valence-corrected chi connectivity index (χ4v) is 6.95. The quantitative estimate of drug-likeness (QED) is 0.198. The molecule has 44 heavy (non-hydrogen) atoms. The maximum absolute atomic E-state index is 13.6. The smallest absolute Gasteiger partial charge is 0.409 e. The molecule has 0 aliphatic heterocycles. The van der Waals surface area contributed by atoms with Gasteiger partial charge in [0, 0.05) is 16.0 Å². The van der Waals surface area contributed by atoms with Gasteiger partial charge in [-0.3, -0.25) is 10.1 Å². The Morgan fingerprint density at radius 1 is 0.886 bits per heavy atom. The monoisotopic (exact) mass is 633 g/mol. The summed E-state index contributed by atoms with van der Waals surface area (Å²) in [7, 11) is 0. The molecule has 2 fully saturated rings. The second-order valence-electron chi connectivity index (χ2n) is 13.1. The molecular formula is C35H37Cl2N3O4. The zero-order chi connectivity index (χ0) is 31.3. The summed E-state index contributed by atoms with van der Waals surface area (Å²) in [5, 5.41) is 15.4. The van der Waals surface area contributed by atoms with Crippen LogP contribution in [0.4, 0.5) is 4.79 Å². The molecule has 3 aromatic carbocycles. The number of aliphatic carboxylic acids is 1. The minimum atomic E-state index is -1.57. The minimum absolute atomic E-state index is 0.279. The number of aromatic nitrogens is 2. The van der Waals surface area contributed by atoms with Crippen molar-refractivity contribution in [3.05, 3.63) is 99.3 Å². The van der Waals surface area contributed by atoms with E-state index in [1.54, 1.807) is 48.5 Å². The Bertz CT molecular complexity index is 1650. The van der Waals surface area contributed by atoms with Crippen LogP contribution >= 0.6 is 23.2 Å². The Kier molecular flexibility index (Phi) is 7.91. The van der Waals surface area contributed by atoms with Gasteiger partial charge in [0.1, 0.15) is 22.5 Å². The summed E-state index contributed by atoms with van der Waals surface area (Å²) < 4.78 is 7.95. The summed E-state index contributed by atoms with van der Waals surface area (Å²) in [6.07, 6.45) is 5.97. The van der Waals surface area contributed by atoms with Crippen LogP contribution in [0.2, 0.25) is 10.0 Å². The van der Waals surface area contributed by atoms with Crippen LogP contribution in [0.1, 0.15) is 94.1 Å². The number of hydrogen-bond acceptors (Lipinski definition) is 4. The first-order valence-electron chi connectivity index (χ1n) is 15.2. The van der Waals surface area contributed by atoms with Crippen LogP contribution in [0.15, 0.2) is 66.7 Å². The molecule has 2 saturated carbocycles. The molecule has 0 atom stereocenters. The van der Waals surface area contributed by atoms with Crippen LogP contribution < -0.4 is 5.32 Å². The maximum atomic E-state index is 13.6. The summed E-state index contributed by atoms with van der Waals surface area (Å²) in [4.78, 5) is 32.1. The van der Waals surface area contributed by atoms with Gasteiger partial charge in [-0.2, -0.15) is 0 Å². The van der Waals surface area contributed by atoms with Crippen LogP contribution in [0.5, 0.6) is 0 Å². The molecule has 4 aromatic rings. The first-order valence-corrected chi connectivity index (χ1v) is 16.0. The van der Waals surface area contributed by atoms with E-state index in [1.165, 1.54) is 0 Å². The molecule has 0 bridgehead atoms. The van der Waals surface area contributed by atoms with Crippen LogP contribution in [0.3, 0.4) is 0 Å². The molecule has 2 aliphatic rings. The number of carboxylic acids is 1. The summed E-state index contributed by atoms with van der Waals surface area (Å²) in [6, 6.07) is 19.6. The van der Waals surface area contributed by atoms with E-state index in [2.05, 4.69) is 9.88 Å². The molecule has 2 N–H and O–H groups in total. The van der Waals surface area contributed by atoms with Gasteiger partial charge in [0.25, 0.3) is 0 Å². The number of alkyl carbamates (subject to hydrolysis) is 1. The van der Waals surface area contributed by atoms with Gasteiger partial charge in [0.05, 0.1) is 11.0 Å². The van der Waals surface area contributed by atoms with Crippen molar-refractivity contribution in [2.45, 2.75) is 88.3 Å². The van der Waals surface area contributed by atoms with Crippen molar-refractivity contribution in [2.75, 3.05) is 0 Å². The molecule has 0 radical (unpaired) electrons. The number of nitrogens with one attached hydrogen (secondary N) is 1. The number of rotatable bonds is 7. The van der Waals surface area contributed by atoms with Gasteiger partial charge in [-0.1, -0.05) is 60.0 Å². The third-order valence-electron chi connectivity index (χ3n) is 8.77. The normalized spacial score (nSPS) is 16.9. The lowest BCUT2D eigenvalue weighted by Gasteiger charge is -2.41. The highest BCUT2D eigenvalue weighted by Crippen LogP contribution is 2.47. The molecule has 9 heteroatoms. The number of ether oxygens (including phenoxy) is 1. The van der Waals surface area contributed by atoms with Gasteiger partial charge in [-0.15, -0.1) is 0 Å². The Labute approximate surface area is 267 Å². The van der Waals surface area contributed by atoms with Crippen LogP contribution in [0, 0.1) is 0 Å². The van der Waals surface area contributed by atoms with Crippen LogP contribution in [0.25, 0.3) is 11.0 Å². The number of halogens is 2. The molecule has 6 rings (SSSR count). The Morgan fingerprint density at radius 2 is 1.43 bits per heavy atom. The number of amides is 1. The lowest BCUT2D eigenvalue weighted by atomic mass is 9.69. The van der Waals surface area contributed by atoms with Crippen molar-refractivity contribution in [1.82, 2.24) is 14.9 Å². The average Bonchev–Trinajstić information content (AvgIpc) is 3.74. The minimum Gasteiger partial charge on any atom is -0.480 e. The third-order valence-corrected chi connectivity index (χ3v) is 9.28. The number of carbonyl (C=O) groups is 2. The number of benzene rings is 3. The third kappa shape index (κ3) is 5.56. The van der Waals surface area contributed by atoms with Crippen LogP contribution in [-0.2, 0) is 20.6 Å². The van der Waals surface area contributed by atoms with E-state index in [1.807, 2.05) is 39.0 Å². The molecular weight excluding hydrogens is 597 g/mol. The fourth-order valence-electron chi connectivity index (χ4n) is 6.70. The highest BCUT2D eigenvalue weighted by molar-refractivity contribution is 6.30. The van der Waals surface area contributed by atoms with Gasteiger partial charge in [-0.25, -0.2) is 9.78 Å². The molecule has 0 saturated heterocycles. The highest BCUT2D eigenvalue weighted by Gasteiger charge is 2.46. The van der Waals surface area contributed by atoms with Crippen molar-refractivity contribution >= 4 is 46.3 Å². The molecule has 0 unspecified atom stereocenters. The predicted molar refractivity (Wildman–Crippen MR) is 173 cm³/mol. The molecule has 230 valence electrons. The first-order chi connectivity index (χ1) is 20.9. The van der Waals surface area contributed by atoms with Gasteiger partial charge in [0.15, 0.2) is 0 Å². The fraction of sp³-hybridized carbons (Fsp3) is 0.400. The van der Waals surface area contributed by atoms with E-state index in [0.29, 0.717) is 26.7 Å². The second-order valence-corrected chi connectivity index (χ2v) is 13.9. The van der Waals surface area contributed by atoms with Crippen molar-refractivity contribution in [1.29, 1.82) is 0 Å². The maximum Gasteiger partial charge on any atom is 0.409 e. The van der Waals surface area contributed by atoms with E-state index in [9.17, 15) is 14.7 Å². The lowest BCUT2D eigenvalue weighted by molar-refractivity contribution is -0.140. The van der Waals surface area contributed by atoms with Crippen LogP contribution in [-0.4, -0.2) is 32.3 Å². The number of carbonyl (C=O) groups excluding carboxylic acids is 1. The SMILES string of the molecule is CC(C)(C)OC(=O)NC1(n2c(C3CC3)nc3ccc(C(C(=O)O)(c4ccc(Cl)cc4)c4ccc(Cl)cc4)cc32)CCCCC1. The van der Waals surface area contributed by atoms with Gasteiger partial charge in [-0.05, 0) is 112 Å². The van der Waals surface area contributed by atoms with Gasteiger partial charge in [0.2, 0.25) is 0 Å². The molecule has 7 nitrogen and oxygen atoms in total. The average molecular weight is 635 g/mol. The van der Waals surface area contributed by atoms with E-state index < -0.39 is 28.7 Å². The highest BCUT2D eigenvalue weighted by atomic mass is 35.5. The van der Waals surface area contributed by atoms with E-state index in [0.717, 1.165) is 61.8 Å². The Morgan fingerprint density at radius 3 is 1.93 bits per heavy atom. The molecule has 0 spiro atoms. The Hall–Kier alpha value is -3.55. The van der Waals surface area contributed by atoms with Crippen molar-refractivity contribution in [2.24, 2.45) is 0 Å². The van der Waals surface area contributed by atoms with Crippen molar-refractivity contribution in [3.8, 4) is 0 Å². The Balaban J connectivity index is 1.61. The van der Waals surface area contributed by atoms with Gasteiger partial charge >= 0.3 is 12.1 Å². The lowest BCUT2D eigenvalue weighted by Crippen LogP contribution is -2.53. The summed E-state index contributed by atoms with van der Waals surface area (Å²) in [5.41, 5.74) is 0.256. The standard InChI is InChI=1S/C35H37Cl2N3O4/c1-33(2,3)44-32(43)39-34(19-5-4-6-20-34)40-29-21-25(13-18-28(29)38-30(40)22-7-8-22)35(31(41)42,23-9-14-26(36)15-10-23)24-11-16-27(37)17-12-24/h9-18,21-22H,4-8,19-20H2,1-3H3,(H,39,43)(H,41,42). The molecule has 1 aromatic heterocycles. The number of imidazole rings is 1.